The lowest BCUT2D eigenvalue weighted by atomic mass is 9.94. The molecular weight excluding hydrogens is 336 g/mol. The molecule has 1 atom stereocenters. The minimum atomic E-state index is -0.900. The predicted octanol–water partition coefficient (Wildman–Crippen LogP) is 3.33. The summed E-state index contributed by atoms with van der Waals surface area (Å²) in [4.78, 5) is 24.8. The summed E-state index contributed by atoms with van der Waals surface area (Å²) < 4.78 is 16.2. The van der Waals surface area contributed by atoms with Crippen molar-refractivity contribution in [1.82, 2.24) is 10.5 Å². The van der Waals surface area contributed by atoms with Crippen LogP contribution in [0, 0.1) is 0 Å². The molecule has 7 heteroatoms. The van der Waals surface area contributed by atoms with Crippen LogP contribution >= 0.6 is 0 Å². The summed E-state index contributed by atoms with van der Waals surface area (Å²) in [5.41, 5.74) is 0.682. The van der Waals surface area contributed by atoms with Crippen LogP contribution < -0.4 is 5.32 Å². The van der Waals surface area contributed by atoms with Crippen LogP contribution in [-0.2, 0) is 33.5 Å². The van der Waals surface area contributed by atoms with Crippen LogP contribution in [0.3, 0.4) is 0 Å². The predicted molar refractivity (Wildman–Crippen MR) is 95.9 cm³/mol. The van der Waals surface area contributed by atoms with Gasteiger partial charge in [0, 0.05) is 12.0 Å². The van der Waals surface area contributed by atoms with Gasteiger partial charge in [0.1, 0.15) is 23.0 Å². The highest BCUT2D eigenvalue weighted by Gasteiger charge is 2.31. The summed E-state index contributed by atoms with van der Waals surface area (Å²) in [6.45, 7) is 10.6. The molecule has 0 radical (unpaired) electrons. The number of alkyl carbamates (subject to hydrolysis) is 1. The SMILES string of the molecule is CC(C)(C)OC(=O)N[C@@H](Cc1onc2c1CCCC2)C(=O)OC(C)(C)C. The highest BCUT2D eigenvalue weighted by molar-refractivity contribution is 5.82. The van der Waals surface area contributed by atoms with Gasteiger partial charge in [-0.1, -0.05) is 5.16 Å². The number of aryl methyl sites for hydroxylation is 1. The number of carbonyl (C=O) groups excluding carboxylic acids is 2. The Morgan fingerprint density at radius 3 is 2.31 bits per heavy atom. The van der Waals surface area contributed by atoms with E-state index in [0.717, 1.165) is 36.9 Å². The lowest BCUT2D eigenvalue weighted by Gasteiger charge is -2.26. The average Bonchev–Trinajstić information content (AvgIpc) is 2.86. The highest BCUT2D eigenvalue weighted by Crippen LogP contribution is 2.25. The smallest absolute Gasteiger partial charge is 0.408 e. The Morgan fingerprint density at radius 2 is 1.69 bits per heavy atom. The zero-order valence-corrected chi connectivity index (χ0v) is 16.6. The number of nitrogens with one attached hydrogen (secondary N) is 1. The topological polar surface area (TPSA) is 90.7 Å². The van der Waals surface area contributed by atoms with E-state index < -0.39 is 29.3 Å². The summed E-state index contributed by atoms with van der Waals surface area (Å²) in [5.74, 6) is 0.107. The molecule has 1 aliphatic rings. The van der Waals surface area contributed by atoms with Gasteiger partial charge in [-0.3, -0.25) is 0 Å². The molecule has 0 saturated carbocycles. The van der Waals surface area contributed by atoms with Crippen LogP contribution in [0.4, 0.5) is 4.79 Å². The van der Waals surface area contributed by atoms with Gasteiger partial charge in [0.25, 0.3) is 0 Å². The van der Waals surface area contributed by atoms with Gasteiger partial charge >= 0.3 is 12.1 Å². The van der Waals surface area contributed by atoms with Crippen LogP contribution in [0.15, 0.2) is 4.52 Å². The summed E-state index contributed by atoms with van der Waals surface area (Å²) in [5, 5.41) is 6.73. The van der Waals surface area contributed by atoms with E-state index in [1.54, 1.807) is 41.5 Å². The molecule has 1 heterocycles. The molecular formula is C19H30N2O5. The molecule has 0 spiro atoms. The number of carbonyl (C=O) groups is 2. The fraction of sp³-hybridized carbons (Fsp3) is 0.737. The molecule has 0 fully saturated rings. The number of hydrogen-bond donors (Lipinski definition) is 1. The number of esters is 1. The Morgan fingerprint density at radius 1 is 1.08 bits per heavy atom. The Labute approximate surface area is 154 Å². The second kappa shape index (κ2) is 7.68. The van der Waals surface area contributed by atoms with Crippen LogP contribution in [0.1, 0.15) is 71.4 Å². The molecule has 26 heavy (non-hydrogen) atoms. The molecule has 1 aliphatic carbocycles. The second-order valence-corrected chi connectivity index (χ2v) is 8.67. The van der Waals surface area contributed by atoms with E-state index in [1.165, 1.54) is 0 Å². The van der Waals surface area contributed by atoms with Gasteiger partial charge in [-0.2, -0.15) is 0 Å². The van der Waals surface area contributed by atoms with Crippen LogP contribution in [0.25, 0.3) is 0 Å². The zero-order chi connectivity index (χ0) is 19.5. The molecule has 1 N–H and O–H groups in total. The molecule has 0 saturated heterocycles. The quantitative estimate of drug-likeness (QED) is 0.822. The van der Waals surface area contributed by atoms with Gasteiger partial charge in [0.05, 0.1) is 5.69 Å². The summed E-state index contributed by atoms with van der Waals surface area (Å²) in [6, 6.07) is -0.900. The lowest BCUT2D eigenvalue weighted by Crippen LogP contribution is -2.47. The fourth-order valence-corrected chi connectivity index (χ4v) is 2.82. The highest BCUT2D eigenvalue weighted by atomic mass is 16.6. The van der Waals surface area contributed by atoms with Gasteiger partial charge in [0.15, 0.2) is 0 Å². The molecule has 0 aliphatic heterocycles. The van der Waals surface area contributed by atoms with Gasteiger partial charge in [-0.15, -0.1) is 0 Å². The first kappa shape index (κ1) is 20.3. The number of fused-ring (bicyclic) bond motifs is 1. The van der Waals surface area contributed by atoms with E-state index in [4.69, 9.17) is 14.0 Å². The Bertz CT molecular complexity index is 652. The Kier molecular flexibility index (Phi) is 5.98. The standard InChI is InChI=1S/C19H30N2O5/c1-18(2,3)24-16(22)14(20-17(23)25-19(4,5)6)11-15-12-9-7-8-10-13(12)21-26-15/h14H,7-11H2,1-6H3,(H,20,23)/t14-/m0/s1. The third-order valence-electron chi connectivity index (χ3n) is 3.81. The number of ether oxygens (including phenoxy) is 2. The first-order chi connectivity index (χ1) is 11.9. The molecule has 1 aromatic rings. The first-order valence-corrected chi connectivity index (χ1v) is 9.13. The van der Waals surface area contributed by atoms with Gasteiger partial charge in [-0.05, 0) is 67.2 Å². The van der Waals surface area contributed by atoms with Crippen molar-refractivity contribution in [2.75, 3.05) is 0 Å². The largest absolute Gasteiger partial charge is 0.458 e. The van der Waals surface area contributed by atoms with E-state index in [9.17, 15) is 9.59 Å². The molecule has 146 valence electrons. The van der Waals surface area contributed by atoms with E-state index in [-0.39, 0.29) is 6.42 Å². The van der Waals surface area contributed by atoms with E-state index >= 15 is 0 Å². The van der Waals surface area contributed by atoms with Gasteiger partial charge in [0.2, 0.25) is 0 Å². The maximum absolute atomic E-state index is 12.6. The van der Waals surface area contributed by atoms with Crippen molar-refractivity contribution >= 4 is 12.1 Å². The molecule has 2 rings (SSSR count). The van der Waals surface area contributed by atoms with Crippen molar-refractivity contribution in [2.45, 2.75) is 90.9 Å². The fourth-order valence-electron chi connectivity index (χ4n) is 2.82. The van der Waals surface area contributed by atoms with Crippen molar-refractivity contribution in [1.29, 1.82) is 0 Å². The normalized spacial score (nSPS) is 15.8. The number of nitrogens with zero attached hydrogens (tertiary/aromatic N) is 1. The van der Waals surface area contributed by atoms with Crippen LogP contribution in [0.5, 0.6) is 0 Å². The van der Waals surface area contributed by atoms with Crippen molar-refractivity contribution in [3.63, 3.8) is 0 Å². The molecule has 7 nitrogen and oxygen atoms in total. The monoisotopic (exact) mass is 366 g/mol. The Balaban J connectivity index is 2.16. The molecule has 1 aromatic heterocycles. The van der Waals surface area contributed by atoms with Gasteiger partial charge in [-0.25, -0.2) is 9.59 Å². The van der Waals surface area contributed by atoms with E-state index in [1.807, 2.05) is 0 Å². The molecule has 1 amide bonds. The minimum absolute atomic E-state index is 0.191. The number of rotatable bonds is 4. The minimum Gasteiger partial charge on any atom is -0.458 e. The zero-order valence-electron chi connectivity index (χ0n) is 16.6. The van der Waals surface area contributed by atoms with Crippen LogP contribution in [-0.4, -0.2) is 34.5 Å². The number of hydrogen-bond acceptors (Lipinski definition) is 6. The third kappa shape index (κ3) is 6.04. The Hall–Kier alpha value is -2.05. The maximum atomic E-state index is 12.6. The maximum Gasteiger partial charge on any atom is 0.408 e. The summed E-state index contributed by atoms with van der Waals surface area (Å²) >= 11 is 0. The number of aromatic nitrogens is 1. The summed E-state index contributed by atoms with van der Waals surface area (Å²) in [6.07, 6.45) is 3.44. The lowest BCUT2D eigenvalue weighted by molar-refractivity contribution is -0.157. The van der Waals surface area contributed by atoms with Crippen molar-refractivity contribution in [3.8, 4) is 0 Å². The van der Waals surface area contributed by atoms with E-state index in [0.29, 0.717) is 5.76 Å². The van der Waals surface area contributed by atoms with Crippen molar-refractivity contribution < 1.29 is 23.6 Å². The van der Waals surface area contributed by atoms with Crippen molar-refractivity contribution in [2.24, 2.45) is 0 Å². The average molecular weight is 366 g/mol. The van der Waals surface area contributed by atoms with Crippen molar-refractivity contribution in [3.05, 3.63) is 17.0 Å². The molecule has 0 aromatic carbocycles. The van der Waals surface area contributed by atoms with Gasteiger partial charge < -0.3 is 19.3 Å². The first-order valence-electron chi connectivity index (χ1n) is 9.13. The van der Waals surface area contributed by atoms with E-state index in [2.05, 4.69) is 10.5 Å². The number of amides is 1. The van der Waals surface area contributed by atoms with Crippen LogP contribution in [0.2, 0.25) is 0 Å². The molecule has 0 unspecified atom stereocenters. The third-order valence-corrected chi connectivity index (χ3v) is 3.81. The summed E-state index contributed by atoms with van der Waals surface area (Å²) in [7, 11) is 0. The molecule has 0 bridgehead atoms. The second-order valence-electron chi connectivity index (χ2n) is 8.67.